The lowest BCUT2D eigenvalue weighted by Gasteiger charge is -2.11. The Morgan fingerprint density at radius 2 is 1.79 bits per heavy atom. The maximum Gasteiger partial charge on any atom is 0.0208 e. The fourth-order valence-corrected chi connectivity index (χ4v) is 1.27. The Hall–Kier alpha value is -0.860. The molecule has 2 heteroatoms. The Kier molecular flexibility index (Phi) is 4.63. The number of aryl methyl sites for hydroxylation is 1. The zero-order valence-corrected chi connectivity index (χ0v) is 9.09. The molecule has 0 amide bonds. The second-order valence-corrected chi connectivity index (χ2v) is 3.69. The van der Waals surface area contributed by atoms with Crippen LogP contribution in [0.1, 0.15) is 25.0 Å². The lowest BCUT2D eigenvalue weighted by Crippen LogP contribution is -2.32. The van der Waals surface area contributed by atoms with E-state index in [-0.39, 0.29) is 0 Å². The highest BCUT2D eigenvalue weighted by molar-refractivity contribution is 5.22. The van der Waals surface area contributed by atoms with Gasteiger partial charge in [-0.25, -0.2) is 0 Å². The summed E-state index contributed by atoms with van der Waals surface area (Å²) in [6, 6.07) is 9.11. The molecule has 0 aliphatic carbocycles. The zero-order chi connectivity index (χ0) is 10.4. The molecule has 0 saturated carbocycles. The van der Waals surface area contributed by atoms with Crippen LogP contribution < -0.4 is 11.1 Å². The van der Waals surface area contributed by atoms with E-state index >= 15 is 0 Å². The van der Waals surface area contributed by atoms with Crippen LogP contribution >= 0.6 is 0 Å². The molecule has 0 saturated heterocycles. The minimum atomic E-state index is 0.390. The lowest BCUT2D eigenvalue weighted by molar-refractivity contribution is 0.556. The highest BCUT2D eigenvalue weighted by Gasteiger charge is 1.97. The molecule has 78 valence electrons. The number of hydrogen-bond acceptors (Lipinski definition) is 2. The van der Waals surface area contributed by atoms with Gasteiger partial charge in [-0.2, -0.15) is 0 Å². The summed E-state index contributed by atoms with van der Waals surface area (Å²) in [6.07, 6.45) is 1.10. The average Bonchev–Trinajstić information content (AvgIpc) is 2.26. The monoisotopic (exact) mass is 192 g/mol. The van der Waals surface area contributed by atoms with Crippen LogP contribution in [0.3, 0.4) is 0 Å². The molecule has 0 spiro atoms. The van der Waals surface area contributed by atoms with Gasteiger partial charge in [-0.15, -0.1) is 0 Å². The van der Waals surface area contributed by atoms with Crippen LogP contribution in [-0.4, -0.2) is 12.6 Å². The number of nitrogens with two attached hydrogens (primary N) is 1. The summed E-state index contributed by atoms with van der Waals surface area (Å²) in [7, 11) is 0. The maximum absolute atomic E-state index is 5.52. The van der Waals surface area contributed by atoms with E-state index in [0.717, 1.165) is 13.0 Å². The predicted octanol–water partition coefficient (Wildman–Crippen LogP) is 1.69. The van der Waals surface area contributed by atoms with Gasteiger partial charge in [0, 0.05) is 19.1 Å². The molecule has 1 aromatic rings. The second kappa shape index (κ2) is 5.78. The molecule has 0 aromatic heterocycles. The Labute approximate surface area is 86.5 Å². The van der Waals surface area contributed by atoms with Gasteiger partial charge in [0.15, 0.2) is 0 Å². The number of benzene rings is 1. The normalized spacial score (nSPS) is 12.8. The first-order valence-corrected chi connectivity index (χ1v) is 5.27. The number of hydrogen-bond donors (Lipinski definition) is 2. The van der Waals surface area contributed by atoms with Crippen molar-refractivity contribution in [3.63, 3.8) is 0 Å². The summed E-state index contributed by atoms with van der Waals surface area (Å²) in [5.41, 5.74) is 8.23. The van der Waals surface area contributed by atoms with Gasteiger partial charge >= 0.3 is 0 Å². The fraction of sp³-hybridized carbons (Fsp3) is 0.500. The van der Waals surface area contributed by atoms with E-state index in [2.05, 4.69) is 43.4 Å². The molecule has 0 fully saturated rings. The molecule has 3 N–H and O–H groups in total. The second-order valence-electron chi connectivity index (χ2n) is 3.69. The summed E-state index contributed by atoms with van der Waals surface area (Å²) < 4.78 is 0. The molecule has 0 heterocycles. The first kappa shape index (κ1) is 11.2. The van der Waals surface area contributed by atoms with Crippen molar-refractivity contribution in [3.8, 4) is 0 Å². The third kappa shape index (κ3) is 3.48. The van der Waals surface area contributed by atoms with Crippen LogP contribution in [0.2, 0.25) is 0 Å². The fourth-order valence-electron chi connectivity index (χ4n) is 1.27. The van der Waals surface area contributed by atoms with E-state index in [1.807, 2.05) is 0 Å². The Bertz CT molecular complexity index is 254. The van der Waals surface area contributed by atoms with Gasteiger partial charge in [-0.1, -0.05) is 31.2 Å². The summed E-state index contributed by atoms with van der Waals surface area (Å²) >= 11 is 0. The van der Waals surface area contributed by atoms with Gasteiger partial charge in [0.1, 0.15) is 0 Å². The van der Waals surface area contributed by atoms with Crippen molar-refractivity contribution in [2.75, 3.05) is 6.54 Å². The first-order valence-electron chi connectivity index (χ1n) is 5.27. The maximum atomic E-state index is 5.52. The van der Waals surface area contributed by atoms with Gasteiger partial charge in [0.05, 0.1) is 0 Å². The molecule has 0 aliphatic rings. The smallest absolute Gasteiger partial charge is 0.0208 e. The van der Waals surface area contributed by atoms with Crippen LogP contribution in [0.4, 0.5) is 0 Å². The Balaban J connectivity index is 2.43. The van der Waals surface area contributed by atoms with Crippen LogP contribution in [0.25, 0.3) is 0 Å². The van der Waals surface area contributed by atoms with E-state index in [0.29, 0.717) is 12.6 Å². The molecular formula is C12H20N2. The van der Waals surface area contributed by atoms with Crippen molar-refractivity contribution in [2.24, 2.45) is 5.73 Å². The largest absolute Gasteiger partial charge is 0.329 e. The van der Waals surface area contributed by atoms with Gasteiger partial charge in [0.25, 0.3) is 0 Å². The van der Waals surface area contributed by atoms with E-state index < -0.39 is 0 Å². The van der Waals surface area contributed by atoms with Gasteiger partial charge in [0.2, 0.25) is 0 Å². The molecule has 1 rings (SSSR count). The van der Waals surface area contributed by atoms with E-state index in [1.54, 1.807) is 0 Å². The summed E-state index contributed by atoms with van der Waals surface area (Å²) in [4.78, 5) is 0. The van der Waals surface area contributed by atoms with E-state index in [9.17, 15) is 0 Å². The first-order chi connectivity index (χ1) is 6.76. The van der Waals surface area contributed by atoms with E-state index in [4.69, 9.17) is 5.73 Å². The van der Waals surface area contributed by atoms with Crippen molar-refractivity contribution in [1.29, 1.82) is 0 Å². The van der Waals surface area contributed by atoms with Gasteiger partial charge in [-0.05, 0) is 24.5 Å². The topological polar surface area (TPSA) is 38.0 Å². The van der Waals surface area contributed by atoms with Crippen LogP contribution in [-0.2, 0) is 13.0 Å². The molecule has 14 heavy (non-hydrogen) atoms. The number of nitrogens with one attached hydrogen (secondary N) is 1. The summed E-state index contributed by atoms with van der Waals surface area (Å²) in [6.45, 7) is 5.86. The summed E-state index contributed by atoms with van der Waals surface area (Å²) in [5, 5.41) is 3.36. The minimum Gasteiger partial charge on any atom is -0.329 e. The third-order valence-electron chi connectivity index (χ3n) is 2.44. The molecule has 0 bridgehead atoms. The van der Waals surface area contributed by atoms with Crippen molar-refractivity contribution >= 4 is 0 Å². The molecule has 2 nitrogen and oxygen atoms in total. The quantitative estimate of drug-likeness (QED) is 0.745. The van der Waals surface area contributed by atoms with Gasteiger partial charge < -0.3 is 11.1 Å². The molecule has 1 aromatic carbocycles. The molecule has 0 radical (unpaired) electrons. The zero-order valence-electron chi connectivity index (χ0n) is 9.09. The lowest BCUT2D eigenvalue weighted by atomic mass is 10.1. The van der Waals surface area contributed by atoms with Crippen molar-refractivity contribution in [1.82, 2.24) is 5.32 Å². The molecule has 0 aliphatic heterocycles. The SMILES string of the molecule is CCc1ccc(CNC(C)CN)cc1. The predicted molar refractivity (Wildman–Crippen MR) is 61.2 cm³/mol. The Morgan fingerprint density at radius 1 is 1.21 bits per heavy atom. The van der Waals surface area contributed by atoms with Crippen LogP contribution in [0.5, 0.6) is 0 Å². The van der Waals surface area contributed by atoms with E-state index in [1.165, 1.54) is 11.1 Å². The van der Waals surface area contributed by atoms with Crippen LogP contribution in [0, 0.1) is 0 Å². The van der Waals surface area contributed by atoms with Crippen LogP contribution in [0.15, 0.2) is 24.3 Å². The standard InChI is InChI=1S/C12H20N2/c1-3-11-4-6-12(7-5-11)9-14-10(2)8-13/h4-7,10,14H,3,8-9,13H2,1-2H3. The Morgan fingerprint density at radius 3 is 2.29 bits per heavy atom. The van der Waals surface area contributed by atoms with Crippen molar-refractivity contribution in [2.45, 2.75) is 32.9 Å². The number of rotatable bonds is 5. The highest BCUT2D eigenvalue weighted by atomic mass is 14.9. The van der Waals surface area contributed by atoms with Crippen molar-refractivity contribution < 1.29 is 0 Å². The molecule has 1 atom stereocenters. The minimum absolute atomic E-state index is 0.390. The van der Waals surface area contributed by atoms with Crippen molar-refractivity contribution in [3.05, 3.63) is 35.4 Å². The summed E-state index contributed by atoms with van der Waals surface area (Å²) in [5.74, 6) is 0. The molecule has 1 unspecified atom stereocenters. The molecular weight excluding hydrogens is 172 g/mol. The average molecular weight is 192 g/mol. The highest BCUT2D eigenvalue weighted by Crippen LogP contribution is 2.04. The van der Waals surface area contributed by atoms with Gasteiger partial charge in [-0.3, -0.25) is 0 Å². The third-order valence-corrected chi connectivity index (χ3v) is 2.44.